The van der Waals surface area contributed by atoms with E-state index in [0.29, 0.717) is 0 Å². The van der Waals surface area contributed by atoms with Crippen molar-refractivity contribution in [3.8, 4) is 0 Å². The average molecular weight is 226 g/mol. The Morgan fingerprint density at radius 1 is 1.53 bits per heavy atom. The molecule has 1 fully saturated rings. The second kappa shape index (κ2) is 3.61. The molecule has 0 amide bonds. The van der Waals surface area contributed by atoms with Gasteiger partial charge in [-0.3, -0.25) is 0 Å². The molecule has 0 saturated carbocycles. The third-order valence-corrected chi connectivity index (χ3v) is 2.70. The maximum atomic E-state index is 11.6. The van der Waals surface area contributed by atoms with Crippen LogP contribution in [-0.4, -0.2) is 17.7 Å². The van der Waals surface area contributed by atoms with Gasteiger partial charge in [-0.25, -0.2) is 4.79 Å². The molecule has 0 spiro atoms. The van der Waals surface area contributed by atoms with E-state index in [1.165, 1.54) is 0 Å². The average Bonchev–Trinajstić information content (AvgIpc) is 2.71. The Morgan fingerprint density at radius 3 is 2.80 bits per heavy atom. The fourth-order valence-electron chi connectivity index (χ4n) is 1.34. The molecule has 0 aliphatic carbocycles. The number of hydrogen-bond donors (Lipinski definition) is 0. The Kier molecular flexibility index (Phi) is 2.56. The molecule has 1 aromatic heterocycles. The van der Waals surface area contributed by atoms with Crippen molar-refractivity contribution < 1.29 is 14.3 Å². The van der Waals surface area contributed by atoms with Gasteiger partial charge in [0.1, 0.15) is 11.7 Å². The van der Waals surface area contributed by atoms with E-state index in [0.717, 1.165) is 5.56 Å². The zero-order chi connectivity index (χ0) is 11.1. The van der Waals surface area contributed by atoms with Crippen molar-refractivity contribution in [2.75, 3.05) is 0 Å². The van der Waals surface area contributed by atoms with Crippen LogP contribution < -0.4 is 0 Å². The minimum Gasteiger partial charge on any atom is -0.458 e. The maximum Gasteiger partial charge on any atom is 0.338 e. The summed E-state index contributed by atoms with van der Waals surface area (Å²) < 4.78 is 10.5. The van der Waals surface area contributed by atoms with Crippen molar-refractivity contribution in [3.63, 3.8) is 0 Å². The van der Waals surface area contributed by atoms with Gasteiger partial charge < -0.3 is 9.47 Å². The van der Waals surface area contributed by atoms with Crippen molar-refractivity contribution >= 4 is 17.3 Å². The van der Waals surface area contributed by atoms with E-state index in [2.05, 4.69) is 0 Å². The predicted molar refractivity (Wildman–Crippen MR) is 57.8 cm³/mol. The Bertz CT molecular complexity index is 350. The fraction of sp³-hybridized carbons (Fsp3) is 0.545. The van der Waals surface area contributed by atoms with Gasteiger partial charge in [-0.15, -0.1) is 0 Å². The van der Waals surface area contributed by atoms with E-state index in [9.17, 15) is 4.79 Å². The molecule has 2 unspecified atom stereocenters. The summed E-state index contributed by atoms with van der Waals surface area (Å²) in [5.74, 6) is -0.265. The highest BCUT2D eigenvalue weighted by Gasteiger charge is 2.48. The Hall–Kier alpha value is -0.870. The lowest BCUT2D eigenvalue weighted by Gasteiger charge is -2.18. The van der Waals surface area contributed by atoms with E-state index >= 15 is 0 Å². The second-order valence-electron chi connectivity index (χ2n) is 4.57. The molecule has 3 nitrogen and oxygen atoms in total. The lowest BCUT2D eigenvalue weighted by Crippen LogP contribution is -2.26. The molecule has 2 atom stereocenters. The second-order valence-corrected chi connectivity index (χ2v) is 5.35. The van der Waals surface area contributed by atoms with Crippen LogP contribution in [0, 0.1) is 0 Å². The lowest BCUT2D eigenvalue weighted by atomic mass is 10.1. The van der Waals surface area contributed by atoms with E-state index in [-0.39, 0.29) is 12.1 Å². The topological polar surface area (TPSA) is 38.8 Å². The molecule has 2 rings (SSSR count). The van der Waals surface area contributed by atoms with Crippen LogP contribution in [0.5, 0.6) is 0 Å². The van der Waals surface area contributed by atoms with Gasteiger partial charge >= 0.3 is 5.97 Å². The zero-order valence-electron chi connectivity index (χ0n) is 9.02. The Morgan fingerprint density at radius 2 is 2.27 bits per heavy atom. The van der Waals surface area contributed by atoms with Crippen molar-refractivity contribution in [2.24, 2.45) is 0 Å². The largest absolute Gasteiger partial charge is 0.458 e. The summed E-state index contributed by atoms with van der Waals surface area (Å²) in [6, 6.07) is 1.97. The molecule has 1 saturated heterocycles. The van der Waals surface area contributed by atoms with Crippen molar-refractivity contribution in [1.82, 2.24) is 0 Å². The number of epoxide rings is 1. The van der Waals surface area contributed by atoms with Gasteiger partial charge in [0.2, 0.25) is 0 Å². The van der Waals surface area contributed by atoms with Crippen LogP contribution in [0.3, 0.4) is 0 Å². The van der Waals surface area contributed by atoms with E-state index < -0.39 is 11.7 Å². The van der Waals surface area contributed by atoms with E-state index in [1.54, 1.807) is 11.3 Å². The molecule has 2 heterocycles. The lowest BCUT2D eigenvalue weighted by molar-refractivity contribution is -0.156. The zero-order valence-corrected chi connectivity index (χ0v) is 9.84. The van der Waals surface area contributed by atoms with Crippen LogP contribution in [-0.2, 0) is 14.3 Å². The highest BCUT2D eigenvalue weighted by atomic mass is 32.1. The quantitative estimate of drug-likeness (QED) is 0.574. The predicted octanol–water partition coefficient (Wildman–Crippen LogP) is 2.53. The van der Waals surface area contributed by atoms with Crippen LogP contribution in [0.2, 0.25) is 0 Å². The third kappa shape index (κ3) is 2.58. The number of carbonyl (C=O) groups excluding carboxylic acids is 1. The monoisotopic (exact) mass is 226 g/mol. The molecule has 0 bridgehead atoms. The molecule has 82 valence electrons. The number of ether oxygens (including phenoxy) is 2. The molecule has 1 aromatic rings. The third-order valence-electron chi connectivity index (χ3n) is 2.00. The molecule has 1 aliphatic heterocycles. The standard InChI is InChI=1S/C11H14O3S/c1-11(2,3)14-10(12)9-8(13-9)7-4-5-15-6-7/h4-6,8-9H,1-3H3. The van der Waals surface area contributed by atoms with Gasteiger partial charge in [0.15, 0.2) is 6.10 Å². The molecule has 0 aromatic carbocycles. The molecule has 1 aliphatic rings. The number of rotatable bonds is 2. The minimum absolute atomic E-state index is 0.0916. The van der Waals surface area contributed by atoms with E-state index in [1.807, 2.05) is 37.6 Å². The van der Waals surface area contributed by atoms with Crippen LogP contribution in [0.1, 0.15) is 32.4 Å². The van der Waals surface area contributed by atoms with Gasteiger partial charge in [-0.05, 0) is 43.2 Å². The SMILES string of the molecule is CC(C)(C)OC(=O)C1OC1c1ccsc1. The summed E-state index contributed by atoms with van der Waals surface area (Å²) in [6.07, 6.45) is -0.495. The number of thiophene rings is 1. The molecular weight excluding hydrogens is 212 g/mol. The van der Waals surface area contributed by atoms with Gasteiger partial charge in [0.05, 0.1) is 0 Å². The number of esters is 1. The first-order valence-electron chi connectivity index (χ1n) is 4.88. The smallest absolute Gasteiger partial charge is 0.338 e. The number of hydrogen-bond acceptors (Lipinski definition) is 4. The highest BCUT2D eigenvalue weighted by Crippen LogP contribution is 2.40. The van der Waals surface area contributed by atoms with Crippen LogP contribution in [0.15, 0.2) is 16.8 Å². The summed E-state index contributed by atoms with van der Waals surface area (Å²) in [6.45, 7) is 5.56. The molecule has 15 heavy (non-hydrogen) atoms. The van der Waals surface area contributed by atoms with Gasteiger partial charge in [0.25, 0.3) is 0 Å². The first kappa shape index (κ1) is 10.6. The summed E-state index contributed by atoms with van der Waals surface area (Å²) in [4.78, 5) is 11.6. The molecular formula is C11H14O3S. The Labute approximate surface area is 93.0 Å². The van der Waals surface area contributed by atoms with Crippen LogP contribution >= 0.6 is 11.3 Å². The van der Waals surface area contributed by atoms with Gasteiger partial charge in [0, 0.05) is 0 Å². The van der Waals surface area contributed by atoms with E-state index in [4.69, 9.17) is 9.47 Å². The normalized spacial score (nSPS) is 25.0. The summed E-state index contributed by atoms with van der Waals surface area (Å²) >= 11 is 1.60. The summed E-state index contributed by atoms with van der Waals surface area (Å²) in [5.41, 5.74) is 0.623. The summed E-state index contributed by atoms with van der Waals surface area (Å²) in [7, 11) is 0. The van der Waals surface area contributed by atoms with Crippen LogP contribution in [0.25, 0.3) is 0 Å². The van der Waals surface area contributed by atoms with Crippen molar-refractivity contribution in [2.45, 2.75) is 38.6 Å². The van der Waals surface area contributed by atoms with Crippen LogP contribution in [0.4, 0.5) is 0 Å². The molecule has 0 N–H and O–H groups in total. The van der Waals surface area contributed by atoms with Crippen molar-refractivity contribution in [3.05, 3.63) is 22.4 Å². The molecule has 4 heteroatoms. The fourth-order valence-corrected chi connectivity index (χ4v) is 2.03. The first-order valence-corrected chi connectivity index (χ1v) is 5.82. The molecule has 0 radical (unpaired) electrons. The highest BCUT2D eigenvalue weighted by molar-refractivity contribution is 7.08. The Balaban J connectivity index is 1.91. The van der Waals surface area contributed by atoms with Gasteiger partial charge in [-0.2, -0.15) is 11.3 Å². The maximum absolute atomic E-state index is 11.6. The number of carbonyl (C=O) groups is 1. The minimum atomic E-state index is -0.442. The van der Waals surface area contributed by atoms with Gasteiger partial charge in [-0.1, -0.05) is 0 Å². The summed E-state index contributed by atoms with van der Waals surface area (Å²) in [5, 5.41) is 3.97. The van der Waals surface area contributed by atoms with Crippen molar-refractivity contribution in [1.29, 1.82) is 0 Å². The first-order chi connectivity index (χ1) is 6.97.